The topological polar surface area (TPSA) is 93.6 Å². The molecule has 1 saturated heterocycles. The first kappa shape index (κ1) is 10.9. The Morgan fingerprint density at radius 2 is 2.50 bits per heavy atom. The zero-order valence-electron chi connectivity index (χ0n) is 8.02. The van der Waals surface area contributed by atoms with Crippen LogP contribution >= 0.6 is 0 Å². The van der Waals surface area contributed by atoms with Crippen molar-refractivity contribution in [1.82, 2.24) is 10.0 Å². The second-order valence-corrected chi connectivity index (χ2v) is 3.41. The molecule has 0 aromatic carbocycles. The van der Waals surface area contributed by atoms with Crippen LogP contribution in [0, 0.1) is 11.3 Å². The van der Waals surface area contributed by atoms with Gasteiger partial charge < -0.3 is 10.8 Å². The van der Waals surface area contributed by atoms with Gasteiger partial charge >= 0.3 is 6.09 Å². The maximum atomic E-state index is 10.7. The lowest BCUT2D eigenvalue weighted by molar-refractivity contribution is 0.0164. The summed E-state index contributed by atoms with van der Waals surface area (Å²) in [6, 6.07) is 0. The van der Waals surface area contributed by atoms with E-state index < -0.39 is 6.09 Å². The van der Waals surface area contributed by atoms with Crippen LogP contribution in [0.3, 0.4) is 0 Å². The van der Waals surface area contributed by atoms with E-state index in [1.165, 1.54) is 0 Å². The molecule has 0 spiro atoms. The lowest BCUT2D eigenvalue weighted by Crippen LogP contribution is -2.50. The highest BCUT2D eigenvalue weighted by molar-refractivity contribution is 5.78. The highest BCUT2D eigenvalue weighted by Gasteiger charge is 2.25. The van der Waals surface area contributed by atoms with Gasteiger partial charge in [0.1, 0.15) is 6.34 Å². The number of piperidine rings is 1. The second kappa shape index (κ2) is 4.92. The molecule has 80 valence electrons. The second-order valence-electron chi connectivity index (χ2n) is 3.41. The first-order chi connectivity index (χ1) is 6.69. The summed E-state index contributed by atoms with van der Waals surface area (Å²) in [5.74, 6) is 0.338. The number of carbonyl (C=O) groups is 1. The molecule has 6 nitrogen and oxygen atoms in total. The van der Waals surface area contributed by atoms with Crippen LogP contribution in [0.25, 0.3) is 0 Å². The van der Waals surface area contributed by atoms with Crippen LogP contribution in [0.2, 0.25) is 0 Å². The van der Waals surface area contributed by atoms with E-state index in [4.69, 9.17) is 16.2 Å². The zero-order valence-corrected chi connectivity index (χ0v) is 8.02. The van der Waals surface area contributed by atoms with E-state index in [1.54, 1.807) is 5.01 Å². The quantitative estimate of drug-likeness (QED) is 0.447. The van der Waals surface area contributed by atoms with E-state index in [0.29, 0.717) is 25.6 Å². The molecule has 0 aliphatic carbocycles. The molecule has 1 heterocycles. The van der Waals surface area contributed by atoms with Gasteiger partial charge in [0.25, 0.3) is 0 Å². The van der Waals surface area contributed by atoms with Gasteiger partial charge in [-0.2, -0.15) is 5.01 Å². The predicted molar refractivity (Wildman–Crippen MR) is 52.0 cm³/mol. The van der Waals surface area contributed by atoms with Crippen molar-refractivity contribution >= 4 is 12.4 Å². The van der Waals surface area contributed by atoms with Crippen molar-refractivity contribution in [3.63, 3.8) is 0 Å². The number of hydrogen-bond acceptors (Lipinski definition) is 4. The summed E-state index contributed by atoms with van der Waals surface area (Å²) in [6.45, 7) is 1.87. The molecule has 0 bridgehead atoms. The monoisotopic (exact) mass is 200 g/mol. The Bertz CT molecular complexity index is 221. The van der Waals surface area contributed by atoms with E-state index in [2.05, 4.69) is 0 Å². The van der Waals surface area contributed by atoms with Crippen LogP contribution in [0.4, 0.5) is 4.79 Å². The summed E-state index contributed by atoms with van der Waals surface area (Å²) in [4.78, 5) is 10.7. The molecule has 1 amide bonds. The molecule has 0 aromatic heterocycles. The Hall–Kier alpha value is -1.14. The summed E-state index contributed by atoms with van der Waals surface area (Å²) in [5.41, 5.74) is 5.53. The number of nitrogens with one attached hydrogen (secondary N) is 1. The molecule has 0 saturated carbocycles. The van der Waals surface area contributed by atoms with Crippen LogP contribution in [0.15, 0.2) is 0 Å². The van der Waals surface area contributed by atoms with Crippen LogP contribution in [0.1, 0.15) is 12.8 Å². The Morgan fingerprint density at radius 3 is 3.00 bits per heavy atom. The number of nitrogens with two attached hydrogens (primary N) is 1. The average Bonchev–Trinajstić information content (AvgIpc) is 2.19. The van der Waals surface area contributed by atoms with Crippen molar-refractivity contribution in [2.75, 3.05) is 19.6 Å². The maximum absolute atomic E-state index is 10.7. The number of nitrogens with zero attached hydrogens (tertiary/aromatic N) is 2. The van der Waals surface area contributed by atoms with Gasteiger partial charge in [-0.1, -0.05) is 0 Å². The smallest absolute Gasteiger partial charge is 0.427 e. The zero-order chi connectivity index (χ0) is 10.6. The van der Waals surface area contributed by atoms with Gasteiger partial charge in [-0.15, -0.1) is 0 Å². The molecular formula is C8H16N4O2. The van der Waals surface area contributed by atoms with Gasteiger partial charge in [0.05, 0.1) is 0 Å². The third kappa shape index (κ3) is 2.43. The van der Waals surface area contributed by atoms with Crippen molar-refractivity contribution in [3.8, 4) is 0 Å². The standard InChI is InChI=1S/C8H16N4O2/c9-4-7-2-1-3-11(5-7)12(6-10)8(13)14/h6-7,10H,1-5,9H2,(H,13,14)/t7-/m0/s1. The van der Waals surface area contributed by atoms with E-state index in [1.807, 2.05) is 0 Å². The SMILES string of the molecule is N=CN(C(=O)O)N1CCC[C@@H](CN)C1. The summed E-state index contributed by atoms with van der Waals surface area (Å²) < 4.78 is 0. The first-order valence-corrected chi connectivity index (χ1v) is 4.66. The number of amides is 1. The maximum Gasteiger partial charge on any atom is 0.427 e. The molecule has 0 radical (unpaired) electrons. The van der Waals surface area contributed by atoms with Crippen molar-refractivity contribution in [2.24, 2.45) is 11.7 Å². The molecule has 1 aliphatic rings. The predicted octanol–water partition coefficient (Wildman–Crippen LogP) is 0.159. The van der Waals surface area contributed by atoms with Gasteiger partial charge in [-0.3, -0.25) is 5.41 Å². The summed E-state index contributed by atoms with van der Waals surface area (Å²) in [6.07, 6.45) is 1.68. The highest BCUT2D eigenvalue weighted by atomic mass is 16.4. The molecule has 1 aliphatic heterocycles. The van der Waals surface area contributed by atoms with Crippen LogP contribution < -0.4 is 5.73 Å². The normalized spacial score (nSPS) is 23.1. The van der Waals surface area contributed by atoms with Crippen LogP contribution in [-0.2, 0) is 0 Å². The highest BCUT2D eigenvalue weighted by Crippen LogP contribution is 2.16. The fraction of sp³-hybridized carbons (Fsp3) is 0.750. The van der Waals surface area contributed by atoms with E-state index in [-0.39, 0.29) is 0 Å². The van der Waals surface area contributed by atoms with E-state index in [0.717, 1.165) is 24.2 Å². The number of carboxylic acid groups (broad SMARTS) is 1. The third-order valence-electron chi connectivity index (χ3n) is 2.45. The fourth-order valence-corrected chi connectivity index (χ4v) is 1.69. The van der Waals surface area contributed by atoms with E-state index >= 15 is 0 Å². The number of hydrogen-bond donors (Lipinski definition) is 3. The van der Waals surface area contributed by atoms with Crippen LogP contribution in [-0.4, -0.2) is 47.2 Å². The van der Waals surface area contributed by atoms with Gasteiger partial charge in [0.15, 0.2) is 0 Å². The van der Waals surface area contributed by atoms with Gasteiger partial charge in [-0.05, 0) is 25.3 Å². The number of hydrazine groups is 1. The third-order valence-corrected chi connectivity index (χ3v) is 2.45. The summed E-state index contributed by atoms with van der Waals surface area (Å²) in [7, 11) is 0. The molecule has 1 rings (SSSR count). The lowest BCUT2D eigenvalue weighted by Gasteiger charge is -2.36. The molecule has 1 fully saturated rings. The summed E-state index contributed by atoms with van der Waals surface area (Å²) in [5, 5.41) is 18.4. The molecule has 6 heteroatoms. The molecule has 4 N–H and O–H groups in total. The average molecular weight is 200 g/mol. The molecular weight excluding hydrogens is 184 g/mol. The number of rotatable bonds is 3. The fourth-order valence-electron chi connectivity index (χ4n) is 1.69. The first-order valence-electron chi connectivity index (χ1n) is 4.66. The van der Waals surface area contributed by atoms with Crippen molar-refractivity contribution in [1.29, 1.82) is 5.41 Å². The summed E-state index contributed by atoms with van der Waals surface area (Å²) >= 11 is 0. The van der Waals surface area contributed by atoms with Crippen LogP contribution in [0.5, 0.6) is 0 Å². The minimum atomic E-state index is -1.11. The Balaban J connectivity index is 2.57. The van der Waals surface area contributed by atoms with Gasteiger partial charge in [0.2, 0.25) is 0 Å². The van der Waals surface area contributed by atoms with Crippen molar-refractivity contribution in [2.45, 2.75) is 12.8 Å². The molecule has 0 unspecified atom stereocenters. The molecule has 0 aromatic rings. The minimum absolute atomic E-state index is 0.338. The van der Waals surface area contributed by atoms with Gasteiger partial charge in [-0.25, -0.2) is 9.80 Å². The Labute approximate surface area is 82.8 Å². The van der Waals surface area contributed by atoms with Crippen molar-refractivity contribution < 1.29 is 9.90 Å². The van der Waals surface area contributed by atoms with Gasteiger partial charge in [0, 0.05) is 13.1 Å². The molecule has 1 atom stereocenters. The molecule has 14 heavy (non-hydrogen) atoms. The Kier molecular flexibility index (Phi) is 3.84. The largest absolute Gasteiger partial charge is 0.464 e. The lowest BCUT2D eigenvalue weighted by atomic mass is 9.99. The Morgan fingerprint density at radius 1 is 1.79 bits per heavy atom. The van der Waals surface area contributed by atoms with Crippen molar-refractivity contribution in [3.05, 3.63) is 0 Å². The van der Waals surface area contributed by atoms with E-state index in [9.17, 15) is 4.79 Å². The minimum Gasteiger partial charge on any atom is -0.464 e.